The first-order chi connectivity index (χ1) is 7.18. The number of para-hydroxylation sites is 1. The average molecular weight is 201 g/mol. The van der Waals surface area contributed by atoms with E-state index in [1.807, 2.05) is 31.2 Å². The minimum Gasteiger partial charge on any atom is -0.478 e. The third-order valence-corrected chi connectivity index (χ3v) is 2.34. The molecule has 2 aromatic rings. The normalized spacial score (nSPS) is 11.3. The molecule has 0 amide bonds. The van der Waals surface area contributed by atoms with Gasteiger partial charge in [0.05, 0.1) is 0 Å². The Morgan fingerprint density at radius 2 is 2.13 bits per heavy atom. The van der Waals surface area contributed by atoms with Crippen LogP contribution in [0.5, 0.6) is 0 Å². The molecule has 1 aromatic carbocycles. The smallest absolute Gasteiger partial charge is 0.328 e. The Labute approximate surface area is 87.0 Å². The van der Waals surface area contributed by atoms with E-state index in [2.05, 4.69) is 4.98 Å². The summed E-state index contributed by atoms with van der Waals surface area (Å²) in [5, 5.41) is 9.63. The standard InChI is InChI=1S/C12H11NO2/c1-8-9(6-7-12(14)15)10-4-2-3-5-11(10)13-8/h2-7,13H,1H3,(H,14,15)/b7-6+. The molecule has 0 radical (unpaired) electrons. The largest absolute Gasteiger partial charge is 0.478 e. The predicted molar refractivity (Wildman–Crippen MR) is 59.7 cm³/mol. The summed E-state index contributed by atoms with van der Waals surface area (Å²) >= 11 is 0. The van der Waals surface area contributed by atoms with Crippen molar-refractivity contribution >= 4 is 22.9 Å². The highest BCUT2D eigenvalue weighted by atomic mass is 16.4. The highest BCUT2D eigenvalue weighted by Gasteiger charge is 2.04. The molecule has 15 heavy (non-hydrogen) atoms. The molecule has 1 aromatic heterocycles. The van der Waals surface area contributed by atoms with Gasteiger partial charge in [0.1, 0.15) is 0 Å². The Morgan fingerprint density at radius 3 is 2.87 bits per heavy atom. The number of rotatable bonds is 2. The van der Waals surface area contributed by atoms with E-state index < -0.39 is 5.97 Å². The number of hydrogen-bond donors (Lipinski definition) is 2. The maximum absolute atomic E-state index is 10.4. The molecular weight excluding hydrogens is 190 g/mol. The summed E-state index contributed by atoms with van der Waals surface area (Å²) in [7, 11) is 0. The number of aliphatic carboxylic acids is 1. The van der Waals surface area contributed by atoms with Crippen LogP contribution in [-0.4, -0.2) is 16.1 Å². The SMILES string of the molecule is Cc1[nH]c2ccccc2c1/C=C/C(=O)O. The summed E-state index contributed by atoms with van der Waals surface area (Å²) in [5.74, 6) is -0.931. The van der Waals surface area contributed by atoms with Crippen molar-refractivity contribution in [3.05, 3.63) is 41.6 Å². The fourth-order valence-corrected chi connectivity index (χ4v) is 1.67. The number of carbonyl (C=O) groups is 1. The summed E-state index contributed by atoms with van der Waals surface area (Å²) in [6.07, 6.45) is 2.78. The van der Waals surface area contributed by atoms with Crippen LogP contribution in [0.4, 0.5) is 0 Å². The molecule has 0 bridgehead atoms. The fourth-order valence-electron chi connectivity index (χ4n) is 1.67. The molecule has 0 atom stereocenters. The van der Waals surface area contributed by atoms with Crippen LogP contribution >= 0.6 is 0 Å². The van der Waals surface area contributed by atoms with Crippen molar-refractivity contribution < 1.29 is 9.90 Å². The van der Waals surface area contributed by atoms with Crippen molar-refractivity contribution in [3.8, 4) is 0 Å². The first kappa shape index (κ1) is 9.52. The average Bonchev–Trinajstić information content (AvgIpc) is 2.50. The number of carboxylic acid groups (broad SMARTS) is 1. The summed E-state index contributed by atoms with van der Waals surface area (Å²) in [5.41, 5.74) is 2.95. The highest BCUT2D eigenvalue weighted by molar-refractivity contribution is 5.94. The first-order valence-electron chi connectivity index (χ1n) is 4.67. The quantitative estimate of drug-likeness (QED) is 0.734. The summed E-state index contributed by atoms with van der Waals surface area (Å²) in [6, 6.07) is 7.83. The van der Waals surface area contributed by atoms with E-state index in [9.17, 15) is 4.79 Å². The lowest BCUT2D eigenvalue weighted by Gasteiger charge is -1.91. The fraction of sp³-hybridized carbons (Fsp3) is 0.0833. The van der Waals surface area contributed by atoms with E-state index in [1.54, 1.807) is 6.08 Å². The molecule has 0 aliphatic rings. The van der Waals surface area contributed by atoms with Gasteiger partial charge in [0, 0.05) is 28.2 Å². The topological polar surface area (TPSA) is 53.1 Å². The Bertz CT molecular complexity index is 538. The summed E-state index contributed by atoms with van der Waals surface area (Å²) < 4.78 is 0. The monoisotopic (exact) mass is 201 g/mol. The lowest BCUT2D eigenvalue weighted by Crippen LogP contribution is -1.85. The molecule has 2 N–H and O–H groups in total. The van der Waals surface area contributed by atoms with Gasteiger partial charge in [-0.25, -0.2) is 4.79 Å². The van der Waals surface area contributed by atoms with E-state index in [-0.39, 0.29) is 0 Å². The van der Waals surface area contributed by atoms with Gasteiger partial charge >= 0.3 is 5.97 Å². The van der Waals surface area contributed by atoms with Crippen molar-refractivity contribution in [1.82, 2.24) is 4.98 Å². The number of aromatic nitrogens is 1. The van der Waals surface area contributed by atoms with E-state index >= 15 is 0 Å². The van der Waals surface area contributed by atoms with Gasteiger partial charge in [0.25, 0.3) is 0 Å². The molecule has 0 saturated heterocycles. The molecule has 76 valence electrons. The number of hydrogen-bond acceptors (Lipinski definition) is 1. The Hall–Kier alpha value is -2.03. The van der Waals surface area contributed by atoms with Crippen LogP contribution < -0.4 is 0 Å². The molecule has 0 aliphatic carbocycles. The van der Waals surface area contributed by atoms with Gasteiger partial charge in [-0.05, 0) is 19.1 Å². The van der Waals surface area contributed by atoms with E-state index in [0.717, 1.165) is 28.2 Å². The Balaban J connectivity index is 2.59. The number of benzene rings is 1. The van der Waals surface area contributed by atoms with Crippen molar-refractivity contribution in [1.29, 1.82) is 0 Å². The van der Waals surface area contributed by atoms with Crippen molar-refractivity contribution in [2.75, 3.05) is 0 Å². The van der Waals surface area contributed by atoms with Gasteiger partial charge in [0.15, 0.2) is 0 Å². The van der Waals surface area contributed by atoms with Gasteiger partial charge in [0.2, 0.25) is 0 Å². The van der Waals surface area contributed by atoms with Crippen LogP contribution in [0.15, 0.2) is 30.3 Å². The molecule has 0 unspecified atom stereocenters. The molecule has 0 aliphatic heterocycles. The van der Waals surface area contributed by atoms with Gasteiger partial charge in [-0.1, -0.05) is 18.2 Å². The third kappa shape index (κ3) is 1.76. The van der Waals surface area contributed by atoms with Crippen molar-refractivity contribution in [2.45, 2.75) is 6.92 Å². The maximum atomic E-state index is 10.4. The Kier molecular flexibility index (Phi) is 2.29. The van der Waals surface area contributed by atoms with Crippen LogP contribution in [-0.2, 0) is 4.79 Å². The van der Waals surface area contributed by atoms with Crippen molar-refractivity contribution in [3.63, 3.8) is 0 Å². The molecular formula is C12H11NO2. The molecule has 1 heterocycles. The van der Waals surface area contributed by atoms with Crippen LogP contribution in [0, 0.1) is 6.92 Å². The van der Waals surface area contributed by atoms with E-state index in [0.29, 0.717) is 0 Å². The van der Waals surface area contributed by atoms with Crippen LogP contribution in [0.2, 0.25) is 0 Å². The van der Waals surface area contributed by atoms with Crippen LogP contribution in [0.1, 0.15) is 11.3 Å². The second kappa shape index (κ2) is 3.61. The summed E-state index contributed by atoms with van der Waals surface area (Å²) in [4.78, 5) is 13.7. The third-order valence-electron chi connectivity index (χ3n) is 2.34. The number of nitrogens with one attached hydrogen (secondary N) is 1. The van der Waals surface area contributed by atoms with Gasteiger partial charge in [-0.15, -0.1) is 0 Å². The van der Waals surface area contributed by atoms with Crippen LogP contribution in [0.3, 0.4) is 0 Å². The number of H-pyrrole nitrogens is 1. The van der Waals surface area contributed by atoms with Gasteiger partial charge in [-0.3, -0.25) is 0 Å². The van der Waals surface area contributed by atoms with Gasteiger partial charge in [-0.2, -0.15) is 0 Å². The summed E-state index contributed by atoms with van der Waals surface area (Å²) in [6.45, 7) is 1.93. The first-order valence-corrected chi connectivity index (χ1v) is 4.67. The second-order valence-electron chi connectivity index (χ2n) is 3.38. The molecule has 0 saturated carbocycles. The minimum absolute atomic E-state index is 0.931. The zero-order valence-corrected chi connectivity index (χ0v) is 8.32. The zero-order chi connectivity index (χ0) is 10.8. The highest BCUT2D eigenvalue weighted by Crippen LogP contribution is 2.22. The van der Waals surface area contributed by atoms with Crippen molar-refractivity contribution in [2.24, 2.45) is 0 Å². The number of aryl methyl sites for hydroxylation is 1. The lowest BCUT2D eigenvalue weighted by molar-refractivity contribution is -0.131. The second-order valence-corrected chi connectivity index (χ2v) is 3.38. The number of carboxylic acids is 1. The number of aromatic amines is 1. The van der Waals surface area contributed by atoms with Gasteiger partial charge < -0.3 is 10.1 Å². The Morgan fingerprint density at radius 1 is 1.40 bits per heavy atom. The maximum Gasteiger partial charge on any atom is 0.328 e. The van der Waals surface area contributed by atoms with E-state index in [1.165, 1.54) is 0 Å². The van der Waals surface area contributed by atoms with E-state index in [4.69, 9.17) is 5.11 Å². The molecule has 0 spiro atoms. The lowest BCUT2D eigenvalue weighted by atomic mass is 10.1. The molecule has 3 nitrogen and oxygen atoms in total. The minimum atomic E-state index is -0.931. The van der Waals surface area contributed by atoms with Crippen LogP contribution in [0.25, 0.3) is 17.0 Å². The molecule has 0 fully saturated rings. The number of fused-ring (bicyclic) bond motifs is 1. The predicted octanol–water partition coefficient (Wildman–Crippen LogP) is 2.57. The zero-order valence-electron chi connectivity index (χ0n) is 8.32. The molecule has 2 rings (SSSR count). The molecule has 3 heteroatoms.